The Hall–Kier alpha value is -3.55. The highest BCUT2D eigenvalue weighted by Gasteiger charge is 2.22. The number of aromatic nitrogens is 4. The summed E-state index contributed by atoms with van der Waals surface area (Å²) in [5.74, 6) is -0.863. The van der Waals surface area contributed by atoms with Crippen molar-refractivity contribution in [2.45, 2.75) is 32.2 Å². The molecule has 1 aliphatic rings. The van der Waals surface area contributed by atoms with Crippen LogP contribution in [0.25, 0.3) is 16.8 Å². The zero-order valence-electron chi connectivity index (χ0n) is 17.1. The van der Waals surface area contributed by atoms with Gasteiger partial charge in [0.25, 0.3) is 0 Å². The first-order valence-corrected chi connectivity index (χ1v) is 10.4. The van der Waals surface area contributed by atoms with Gasteiger partial charge in [-0.2, -0.15) is 9.61 Å². The van der Waals surface area contributed by atoms with E-state index in [1.165, 1.54) is 24.6 Å². The van der Waals surface area contributed by atoms with Crippen LogP contribution in [0.5, 0.6) is 0 Å². The average molecular weight is 420 g/mol. The lowest BCUT2D eigenvalue weighted by molar-refractivity contribution is 0.485. The molecule has 1 N–H and O–H groups in total. The van der Waals surface area contributed by atoms with E-state index in [1.807, 2.05) is 6.07 Å². The summed E-state index contributed by atoms with van der Waals surface area (Å²) in [5.41, 5.74) is 2.61. The van der Waals surface area contributed by atoms with Crippen molar-refractivity contribution in [1.29, 1.82) is 0 Å². The number of halogens is 2. The number of fused-ring (bicyclic) bond motifs is 1. The minimum atomic E-state index is -0.657. The molecule has 1 fully saturated rings. The van der Waals surface area contributed by atoms with Gasteiger partial charge in [-0.1, -0.05) is 6.07 Å². The number of piperidine rings is 1. The minimum Gasteiger partial charge on any atom is -0.367 e. The lowest BCUT2D eigenvalue weighted by Crippen LogP contribution is -2.37. The molecule has 1 aromatic carbocycles. The van der Waals surface area contributed by atoms with Crippen LogP contribution >= 0.6 is 0 Å². The van der Waals surface area contributed by atoms with E-state index in [0.29, 0.717) is 17.5 Å². The first-order chi connectivity index (χ1) is 15.1. The number of pyridine rings is 1. The van der Waals surface area contributed by atoms with E-state index < -0.39 is 11.6 Å². The van der Waals surface area contributed by atoms with Gasteiger partial charge in [0.1, 0.15) is 11.6 Å². The molecule has 1 aliphatic heterocycles. The van der Waals surface area contributed by atoms with Crippen LogP contribution in [0.3, 0.4) is 0 Å². The van der Waals surface area contributed by atoms with Crippen LogP contribution < -0.4 is 10.2 Å². The number of nitrogens with zero attached hydrogens (tertiary/aromatic N) is 5. The molecular formula is C23H22F2N6. The molecule has 0 aliphatic carbocycles. The lowest BCUT2D eigenvalue weighted by atomic mass is 10.0. The average Bonchev–Trinajstić information content (AvgIpc) is 3.17. The predicted octanol–water partition coefficient (Wildman–Crippen LogP) is 5.19. The predicted molar refractivity (Wildman–Crippen MR) is 117 cm³/mol. The molecular weight excluding hydrogens is 398 g/mol. The minimum absolute atomic E-state index is 0.159. The Labute approximate surface area is 178 Å². The topological polar surface area (TPSA) is 58.4 Å². The first-order valence-electron chi connectivity index (χ1n) is 10.4. The molecule has 158 valence electrons. The summed E-state index contributed by atoms with van der Waals surface area (Å²) >= 11 is 0. The molecule has 0 radical (unpaired) electrons. The second-order valence-corrected chi connectivity index (χ2v) is 7.79. The van der Waals surface area contributed by atoms with Crippen molar-refractivity contribution in [2.75, 3.05) is 16.8 Å². The highest BCUT2D eigenvalue weighted by Crippen LogP contribution is 2.32. The number of benzene rings is 1. The van der Waals surface area contributed by atoms with Crippen LogP contribution in [0.1, 0.15) is 26.2 Å². The largest absolute Gasteiger partial charge is 0.367 e. The Kier molecular flexibility index (Phi) is 4.97. The molecule has 8 heteroatoms. The molecule has 5 rings (SSSR count). The fourth-order valence-corrected chi connectivity index (χ4v) is 4.15. The van der Waals surface area contributed by atoms with E-state index in [-0.39, 0.29) is 11.3 Å². The quantitative estimate of drug-likeness (QED) is 0.492. The van der Waals surface area contributed by atoms with Gasteiger partial charge in [0.2, 0.25) is 5.95 Å². The number of anilines is 3. The van der Waals surface area contributed by atoms with Crippen LogP contribution in [-0.2, 0) is 0 Å². The van der Waals surface area contributed by atoms with Gasteiger partial charge in [0, 0.05) is 18.8 Å². The maximum Gasteiger partial charge on any atom is 0.229 e. The van der Waals surface area contributed by atoms with Crippen LogP contribution in [0.15, 0.2) is 55.0 Å². The second-order valence-electron chi connectivity index (χ2n) is 7.79. The van der Waals surface area contributed by atoms with Crippen molar-refractivity contribution in [2.24, 2.45) is 0 Å². The van der Waals surface area contributed by atoms with Gasteiger partial charge in [-0.05, 0) is 56.5 Å². The number of nitrogens with one attached hydrogen (secondary N) is 1. The van der Waals surface area contributed by atoms with Crippen LogP contribution in [-0.4, -0.2) is 32.2 Å². The zero-order chi connectivity index (χ0) is 21.4. The lowest BCUT2D eigenvalue weighted by Gasteiger charge is -2.36. The number of hydrogen-bond acceptors (Lipinski definition) is 5. The Morgan fingerprint density at radius 3 is 2.68 bits per heavy atom. The van der Waals surface area contributed by atoms with Gasteiger partial charge >= 0.3 is 0 Å². The van der Waals surface area contributed by atoms with Crippen LogP contribution in [0, 0.1) is 11.6 Å². The molecule has 3 aromatic heterocycles. The van der Waals surface area contributed by atoms with E-state index >= 15 is 0 Å². The molecule has 0 unspecified atom stereocenters. The van der Waals surface area contributed by atoms with Gasteiger partial charge in [0.15, 0.2) is 0 Å². The molecule has 0 amide bonds. The molecule has 1 saturated heterocycles. The first kappa shape index (κ1) is 19.4. The Morgan fingerprint density at radius 1 is 1.03 bits per heavy atom. The van der Waals surface area contributed by atoms with Crippen molar-refractivity contribution in [3.8, 4) is 11.3 Å². The highest BCUT2D eigenvalue weighted by atomic mass is 19.1. The Bertz CT molecular complexity index is 1220. The third-order valence-corrected chi connectivity index (χ3v) is 5.76. The van der Waals surface area contributed by atoms with Crippen LogP contribution in [0.4, 0.5) is 26.1 Å². The van der Waals surface area contributed by atoms with E-state index in [9.17, 15) is 8.78 Å². The number of hydrogen-bond donors (Lipinski definition) is 1. The molecule has 6 nitrogen and oxygen atoms in total. The number of imidazole rings is 1. The monoisotopic (exact) mass is 420 g/mol. The van der Waals surface area contributed by atoms with E-state index in [4.69, 9.17) is 0 Å². The van der Waals surface area contributed by atoms with Crippen molar-refractivity contribution < 1.29 is 8.78 Å². The summed E-state index contributed by atoms with van der Waals surface area (Å²) in [6.45, 7) is 3.21. The van der Waals surface area contributed by atoms with Gasteiger partial charge in [-0.3, -0.25) is 4.98 Å². The zero-order valence-corrected chi connectivity index (χ0v) is 17.1. The van der Waals surface area contributed by atoms with E-state index in [1.54, 1.807) is 35.2 Å². The molecule has 0 saturated carbocycles. The standard InChI is InChI=1S/C23H22F2N6/c1-15-5-2-3-12-30(15)21-10-11-26-14-20(21)28-23-27-13-16-8-9-19(29-31(16)23)22-17(24)6-4-7-18(22)25/h4,6-11,13-15H,2-3,5,12H2,1H3,(H,27,28)/t15-/m1/s1. The van der Waals surface area contributed by atoms with Crippen molar-refractivity contribution in [1.82, 2.24) is 19.6 Å². The Balaban J connectivity index is 1.54. The summed E-state index contributed by atoms with van der Waals surface area (Å²) in [4.78, 5) is 11.1. The van der Waals surface area contributed by atoms with Crippen molar-refractivity contribution in [3.63, 3.8) is 0 Å². The summed E-state index contributed by atoms with van der Waals surface area (Å²) in [6.07, 6.45) is 8.73. The van der Waals surface area contributed by atoms with Gasteiger partial charge in [-0.25, -0.2) is 13.8 Å². The maximum absolute atomic E-state index is 14.3. The fourth-order valence-electron chi connectivity index (χ4n) is 4.15. The Morgan fingerprint density at radius 2 is 1.87 bits per heavy atom. The SMILES string of the molecule is C[C@@H]1CCCCN1c1ccncc1Nc1ncc2ccc(-c3c(F)cccc3F)nn12. The smallest absolute Gasteiger partial charge is 0.229 e. The summed E-state index contributed by atoms with van der Waals surface area (Å²) in [5, 5.41) is 7.78. The molecule has 4 aromatic rings. The molecule has 1 atom stereocenters. The van der Waals surface area contributed by atoms with Gasteiger partial charge in [0.05, 0.1) is 40.5 Å². The summed E-state index contributed by atoms with van der Waals surface area (Å²) in [7, 11) is 0. The molecule has 31 heavy (non-hydrogen) atoms. The summed E-state index contributed by atoms with van der Waals surface area (Å²) in [6, 6.07) is 9.53. The van der Waals surface area contributed by atoms with Crippen molar-refractivity contribution in [3.05, 3.63) is 66.6 Å². The molecule has 0 bridgehead atoms. The van der Waals surface area contributed by atoms with Crippen molar-refractivity contribution >= 4 is 22.8 Å². The highest BCUT2D eigenvalue weighted by molar-refractivity contribution is 5.74. The number of rotatable bonds is 4. The van der Waals surface area contributed by atoms with Crippen LogP contribution in [0.2, 0.25) is 0 Å². The van der Waals surface area contributed by atoms with Gasteiger partial charge in [-0.15, -0.1) is 0 Å². The normalized spacial score (nSPS) is 16.6. The second kappa shape index (κ2) is 7.94. The van der Waals surface area contributed by atoms with Gasteiger partial charge < -0.3 is 10.2 Å². The van der Waals surface area contributed by atoms with E-state index in [2.05, 4.69) is 32.2 Å². The fraction of sp³-hybridized carbons (Fsp3) is 0.261. The molecule has 0 spiro atoms. The van der Waals surface area contributed by atoms with E-state index in [0.717, 1.165) is 30.8 Å². The molecule has 4 heterocycles. The maximum atomic E-state index is 14.3. The third kappa shape index (κ3) is 3.58. The summed E-state index contributed by atoms with van der Waals surface area (Å²) < 4.78 is 30.1. The third-order valence-electron chi connectivity index (χ3n) is 5.76.